The maximum Gasteiger partial charge on any atom is 0.0543 e. The number of aliphatic hydroxyl groups excluding tert-OH is 1. The highest BCUT2D eigenvalue weighted by atomic mass is 16.3. The highest BCUT2D eigenvalue weighted by Crippen LogP contribution is 2.68. The lowest BCUT2D eigenvalue weighted by Crippen LogP contribution is -2.54. The van der Waals surface area contributed by atoms with Gasteiger partial charge in [0.05, 0.1) is 6.10 Å². The van der Waals surface area contributed by atoms with Crippen LogP contribution in [0.1, 0.15) is 119 Å². The first-order valence-electron chi connectivity index (χ1n) is 13.9. The van der Waals surface area contributed by atoms with Gasteiger partial charge in [-0.15, -0.1) is 0 Å². The monoisotopic (exact) mass is 416 g/mol. The van der Waals surface area contributed by atoms with Gasteiger partial charge in [-0.3, -0.25) is 0 Å². The Morgan fingerprint density at radius 1 is 0.833 bits per heavy atom. The molecule has 4 rings (SSSR count). The van der Waals surface area contributed by atoms with Crippen molar-refractivity contribution in [1.29, 1.82) is 0 Å². The topological polar surface area (TPSA) is 20.2 Å². The van der Waals surface area contributed by atoms with Crippen molar-refractivity contribution in [3.05, 3.63) is 0 Å². The second-order valence-corrected chi connectivity index (χ2v) is 13.3. The van der Waals surface area contributed by atoms with E-state index in [0.29, 0.717) is 10.8 Å². The van der Waals surface area contributed by atoms with Gasteiger partial charge in [0, 0.05) is 0 Å². The summed E-state index contributed by atoms with van der Waals surface area (Å²) in [7, 11) is 0. The first-order valence-corrected chi connectivity index (χ1v) is 13.9. The molecule has 1 heteroatoms. The number of hydrogen-bond donors (Lipinski definition) is 1. The highest BCUT2D eigenvalue weighted by molar-refractivity contribution is 5.09. The van der Waals surface area contributed by atoms with Crippen LogP contribution < -0.4 is 0 Å². The summed E-state index contributed by atoms with van der Waals surface area (Å²) in [6.07, 6.45) is 16.5. The van der Waals surface area contributed by atoms with Crippen LogP contribution in [0.25, 0.3) is 0 Å². The maximum atomic E-state index is 10.3. The first-order chi connectivity index (χ1) is 14.2. The summed E-state index contributed by atoms with van der Waals surface area (Å²) in [5.41, 5.74) is 1.14. The zero-order chi connectivity index (χ0) is 21.7. The van der Waals surface area contributed by atoms with Crippen LogP contribution in [0.15, 0.2) is 0 Å². The van der Waals surface area contributed by atoms with Crippen molar-refractivity contribution < 1.29 is 5.11 Å². The van der Waals surface area contributed by atoms with Gasteiger partial charge >= 0.3 is 0 Å². The molecular formula is C29H52O. The molecule has 30 heavy (non-hydrogen) atoms. The average Bonchev–Trinajstić information content (AvgIpc) is 3.06. The van der Waals surface area contributed by atoms with Crippen molar-refractivity contribution in [3.63, 3.8) is 0 Å². The van der Waals surface area contributed by atoms with Gasteiger partial charge in [0.25, 0.3) is 0 Å². The zero-order valence-corrected chi connectivity index (χ0v) is 21.1. The van der Waals surface area contributed by atoms with Crippen molar-refractivity contribution in [3.8, 4) is 0 Å². The standard InChI is InChI=1S/C29H52O/c1-7-21(19(2)3)9-8-20(4)25-12-13-26-24-11-10-22-18-23(30)14-16-28(22,5)27(24)15-17-29(25,26)6/h19-27,30H,7-18H2,1-6H3/t20-,21+,22+,23+,24-,25+,26+,27-,28+,29-/m1/s1. The molecule has 0 aliphatic heterocycles. The molecule has 0 bridgehead atoms. The van der Waals surface area contributed by atoms with E-state index in [2.05, 4.69) is 41.5 Å². The minimum atomic E-state index is -0.0111. The molecule has 0 amide bonds. The fourth-order valence-corrected chi connectivity index (χ4v) is 9.90. The minimum Gasteiger partial charge on any atom is -0.393 e. The molecule has 0 aromatic rings. The van der Waals surface area contributed by atoms with E-state index in [1.165, 1.54) is 64.2 Å². The Balaban J connectivity index is 1.45. The second-order valence-electron chi connectivity index (χ2n) is 13.3. The molecule has 4 fully saturated rings. The lowest BCUT2D eigenvalue weighted by atomic mass is 9.44. The summed E-state index contributed by atoms with van der Waals surface area (Å²) in [5.74, 6) is 7.34. The summed E-state index contributed by atoms with van der Waals surface area (Å²) in [5, 5.41) is 10.3. The summed E-state index contributed by atoms with van der Waals surface area (Å²) in [4.78, 5) is 0. The van der Waals surface area contributed by atoms with Gasteiger partial charge in [-0.05, 0) is 122 Å². The van der Waals surface area contributed by atoms with Gasteiger partial charge < -0.3 is 5.11 Å². The molecule has 10 atom stereocenters. The van der Waals surface area contributed by atoms with E-state index in [9.17, 15) is 5.11 Å². The van der Waals surface area contributed by atoms with Crippen LogP contribution in [-0.2, 0) is 0 Å². The molecule has 0 radical (unpaired) electrons. The largest absolute Gasteiger partial charge is 0.393 e. The molecule has 1 N–H and O–H groups in total. The van der Waals surface area contributed by atoms with Crippen LogP contribution in [0.2, 0.25) is 0 Å². The predicted molar refractivity (Wildman–Crippen MR) is 128 cm³/mol. The summed E-state index contributed by atoms with van der Waals surface area (Å²) in [6.45, 7) is 15.2. The third-order valence-corrected chi connectivity index (χ3v) is 11.9. The Kier molecular flexibility index (Phi) is 6.72. The lowest BCUT2D eigenvalue weighted by molar-refractivity contribution is -0.129. The Bertz CT molecular complexity index is 583. The Morgan fingerprint density at radius 3 is 2.23 bits per heavy atom. The third-order valence-electron chi connectivity index (χ3n) is 11.9. The van der Waals surface area contributed by atoms with Crippen LogP contribution >= 0.6 is 0 Å². The van der Waals surface area contributed by atoms with Crippen molar-refractivity contribution in [2.75, 3.05) is 0 Å². The van der Waals surface area contributed by atoms with Crippen LogP contribution in [0, 0.1) is 58.2 Å². The Hall–Kier alpha value is -0.0400. The van der Waals surface area contributed by atoms with Crippen molar-refractivity contribution >= 4 is 0 Å². The average molecular weight is 417 g/mol. The molecule has 1 nitrogen and oxygen atoms in total. The van der Waals surface area contributed by atoms with Crippen LogP contribution in [0.4, 0.5) is 0 Å². The fourth-order valence-electron chi connectivity index (χ4n) is 9.90. The van der Waals surface area contributed by atoms with Gasteiger partial charge in [-0.2, -0.15) is 0 Å². The first kappa shape index (κ1) is 23.1. The SMILES string of the molecule is CC[C@@H](CC[C@@H](C)[C@@H]1CC[C@H]2[C@H]3CC[C@H]4C[C@@H](O)CC[C@]4(C)[C@@H]3CC[C@@]21C)C(C)C. The molecule has 0 heterocycles. The van der Waals surface area contributed by atoms with E-state index in [1.54, 1.807) is 0 Å². The number of hydrogen-bond acceptors (Lipinski definition) is 1. The number of rotatable bonds is 6. The smallest absolute Gasteiger partial charge is 0.0543 e. The van der Waals surface area contributed by atoms with Gasteiger partial charge in [0.1, 0.15) is 0 Å². The predicted octanol–water partition coefficient (Wildman–Crippen LogP) is 8.10. The van der Waals surface area contributed by atoms with Crippen molar-refractivity contribution in [2.45, 2.75) is 125 Å². The van der Waals surface area contributed by atoms with E-state index in [-0.39, 0.29) is 6.10 Å². The molecular weight excluding hydrogens is 364 g/mol. The second kappa shape index (κ2) is 8.72. The van der Waals surface area contributed by atoms with Crippen molar-refractivity contribution in [2.24, 2.45) is 58.2 Å². The third kappa shape index (κ3) is 3.82. The van der Waals surface area contributed by atoms with Crippen molar-refractivity contribution in [1.82, 2.24) is 0 Å². The van der Waals surface area contributed by atoms with E-state index in [0.717, 1.165) is 60.2 Å². The Labute approximate surface area is 188 Å². The molecule has 174 valence electrons. The molecule has 4 aliphatic rings. The summed E-state index contributed by atoms with van der Waals surface area (Å²) >= 11 is 0. The van der Waals surface area contributed by atoms with Gasteiger partial charge in [0.15, 0.2) is 0 Å². The molecule has 4 aliphatic carbocycles. The maximum absolute atomic E-state index is 10.3. The van der Waals surface area contributed by atoms with Crippen LogP contribution in [0.3, 0.4) is 0 Å². The normalized spacial score (nSPS) is 48.0. The lowest BCUT2D eigenvalue weighted by Gasteiger charge is -2.61. The molecule has 0 saturated heterocycles. The van der Waals surface area contributed by atoms with Crippen LogP contribution in [0.5, 0.6) is 0 Å². The molecule has 4 saturated carbocycles. The molecule has 0 unspecified atom stereocenters. The number of fused-ring (bicyclic) bond motifs is 5. The Morgan fingerprint density at radius 2 is 1.53 bits per heavy atom. The highest BCUT2D eigenvalue weighted by Gasteiger charge is 2.60. The van der Waals surface area contributed by atoms with Crippen LogP contribution in [-0.4, -0.2) is 11.2 Å². The van der Waals surface area contributed by atoms with E-state index in [1.807, 2.05) is 0 Å². The molecule has 0 spiro atoms. The van der Waals surface area contributed by atoms with Gasteiger partial charge in [0.2, 0.25) is 0 Å². The van der Waals surface area contributed by atoms with E-state index >= 15 is 0 Å². The zero-order valence-electron chi connectivity index (χ0n) is 21.1. The molecule has 0 aromatic carbocycles. The van der Waals surface area contributed by atoms with E-state index < -0.39 is 0 Å². The van der Waals surface area contributed by atoms with E-state index in [4.69, 9.17) is 0 Å². The quantitative estimate of drug-likeness (QED) is 0.463. The minimum absolute atomic E-state index is 0.0111. The fraction of sp³-hybridized carbons (Fsp3) is 1.00. The number of aliphatic hydroxyl groups is 1. The van der Waals surface area contributed by atoms with Gasteiger partial charge in [-0.25, -0.2) is 0 Å². The van der Waals surface area contributed by atoms with Gasteiger partial charge in [-0.1, -0.05) is 54.4 Å². The summed E-state index contributed by atoms with van der Waals surface area (Å²) < 4.78 is 0. The summed E-state index contributed by atoms with van der Waals surface area (Å²) in [6, 6.07) is 0. The molecule has 0 aromatic heterocycles.